The van der Waals surface area contributed by atoms with Crippen LogP contribution in [0.5, 0.6) is 5.75 Å². The first-order chi connectivity index (χ1) is 16.6. The number of hydrogen-bond acceptors (Lipinski definition) is 6. The molecule has 0 spiro atoms. The van der Waals surface area contributed by atoms with Gasteiger partial charge in [-0.1, -0.05) is 49.7 Å². The first-order valence-corrected chi connectivity index (χ1v) is 12.9. The molecule has 2 heterocycles. The second-order valence-electron chi connectivity index (χ2n) is 8.24. The summed E-state index contributed by atoms with van der Waals surface area (Å²) < 4.78 is 7.84. The zero-order chi connectivity index (χ0) is 23.9. The number of fused-ring (bicyclic) bond motifs is 1. The Morgan fingerprint density at radius 2 is 1.71 bits per heavy atom. The summed E-state index contributed by atoms with van der Waals surface area (Å²) in [6.07, 6.45) is 6.64. The zero-order valence-electron chi connectivity index (χ0n) is 20.2. The molecule has 178 valence electrons. The minimum atomic E-state index is -0.140. The van der Waals surface area contributed by atoms with E-state index in [-0.39, 0.29) is 5.56 Å². The maximum atomic E-state index is 12.9. The minimum absolute atomic E-state index is 0.140. The molecule has 2 aromatic heterocycles. The van der Waals surface area contributed by atoms with Gasteiger partial charge < -0.3 is 9.64 Å². The average Bonchev–Trinajstić information content (AvgIpc) is 3.40. The third-order valence-corrected chi connectivity index (χ3v) is 6.84. The Kier molecular flexibility index (Phi) is 7.95. The van der Waals surface area contributed by atoms with Crippen LogP contribution in [0.1, 0.15) is 52.0 Å². The fraction of sp³-hybridized carbons (Fsp3) is 0.370. The second kappa shape index (κ2) is 11.3. The van der Waals surface area contributed by atoms with Crippen LogP contribution in [-0.4, -0.2) is 34.3 Å². The van der Waals surface area contributed by atoms with Gasteiger partial charge >= 0.3 is 0 Å². The van der Waals surface area contributed by atoms with Crippen LogP contribution in [0.2, 0.25) is 0 Å². The second-order valence-corrected chi connectivity index (χ2v) is 9.25. The summed E-state index contributed by atoms with van der Waals surface area (Å²) in [5, 5.41) is 4.47. The minimum Gasteiger partial charge on any atom is -0.494 e. The SMILES string of the molecule is CCCCCCOc1ccc(-c2nc3sc(=Cc4ccc(N(CC)CC)cc4)c(=O)n3n2)cc1. The van der Waals surface area contributed by atoms with Gasteiger partial charge in [0.1, 0.15) is 5.75 Å². The lowest BCUT2D eigenvalue weighted by molar-refractivity contribution is 0.305. The number of benzene rings is 2. The van der Waals surface area contributed by atoms with Crippen LogP contribution in [0.15, 0.2) is 53.3 Å². The molecule has 0 unspecified atom stereocenters. The van der Waals surface area contributed by atoms with E-state index in [1.165, 1.54) is 40.8 Å². The lowest BCUT2D eigenvalue weighted by Crippen LogP contribution is -2.23. The molecule has 0 amide bonds. The largest absolute Gasteiger partial charge is 0.494 e. The van der Waals surface area contributed by atoms with Gasteiger partial charge in [-0.3, -0.25) is 4.79 Å². The predicted molar refractivity (Wildman–Crippen MR) is 141 cm³/mol. The van der Waals surface area contributed by atoms with Gasteiger partial charge in [0.2, 0.25) is 4.96 Å². The number of rotatable bonds is 11. The molecular formula is C27H32N4O2S. The lowest BCUT2D eigenvalue weighted by Gasteiger charge is -2.20. The summed E-state index contributed by atoms with van der Waals surface area (Å²) in [6, 6.07) is 16.0. The number of anilines is 1. The van der Waals surface area contributed by atoms with E-state index in [0.29, 0.717) is 15.3 Å². The molecule has 0 radical (unpaired) electrons. The van der Waals surface area contributed by atoms with E-state index in [0.717, 1.165) is 43.0 Å². The molecule has 0 N–H and O–H groups in total. The summed E-state index contributed by atoms with van der Waals surface area (Å²) in [4.78, 5) is 20.4. The molecule has 4 rings (SSSR count). The molecule has 0 aliphatic heterocycles. The lowest BCUT2D eigenvalue weighted by atomic mass is 10.2. The van der Waals surface area contributed by atoms with Crippen molar-refractivity contribution in [3.8, 4) is 17.1 Å². The first kappa shape index (κ1) is 24.0. The topological polar surface area (TPSA) is 59.7 Å². The maximum absolute atomic E-state index is 12.9. The Hall–Kier alpha value is -3.19. The van der Waals surface area contributed by atoms with Crippen LogP contribution >= 0.6 is 11.3 Å². The van der Waals surface area contributed by atoms with Gasteiger partial charge in [0, 0.05) is 24.3 Å². The predicted octanol–water partition coefficient (Wildman–Crippen LogP) is 5.17. The number of hydrogen-bond donors (Lipinski definition) is 0. The van der Waals surface area contributed by atoms with Crippen LogP contribution < -0.4 is 19.7 Å². The summed E-state index contributed by atoms with van der Waals surface area (Å²) in [7, 11) is 0. The van der Waals surface area contributed by atoms with Crippen molar-refractivity contribution >= 4 is 28.1 Å². The summed E-state index contributed by atoms with van der Waals surface area (Å²) >= 11 is 1.36. The molecule has 6 nitrogen and oxygen atoms in total. The molecule has 2 aromatic carbocycles. The van der Waals surface area contributed by atoms with Crippen LogP contribution in [0, 0.1) is 0 Å². The Bertz CT molecular complexity index is 1310. The molecule has 0 bridgehead atoms. The molecule has 0 fully saturated rings. The molecule has 7 heteroatoms. The van der Waals surface area contributed by atoms with Crippen molar-refractivity contribution in [2.75, 3.05) is 24.6 Å². The van der Waals surface area contributed by atoms with Gasteiger partial charge in [0.15, 0.2) is 5.82 Å². The van der Waals surface area contributed by atoms with Crippen LogP contribution in [0.3, 0.4) is 0 Å². The van der Waals surface area contributed by atoms with Crippen molar-refractivity contribution in [3.05, 3.63) is 69.0 Å². The van der Waals surface area contributed by atoms with Crippen LogP contribution in [0.4, 0.5) is 5.69 Å². The number of aromatic nitrogens is 3. The van der Waals surface area contributed by atoms with Crippen molar-refractivity contribution in [1.29, 1.82) is 0 Å². The average molecular weight is 477 g/mol. The van der Waals surface area contributed by atoms with E-state index in [1.807, 2.05) is 42.5 Å². The molecule has 0 aliphatic carbocycles. The third kappa shape index (κ3) is 5.47. The van der Waals surface area contributed by atoms with Gasteiger partial charge in [0.25, 0.3) is 5.56 Å². The molecule has 34 heavy (non-hydrogen) atoms. The molecule has 0 saturated heterocycles. The van der Waals surface area contributed by atoms with Crippen LogP contribution in [-0.2, 0) is 0 Å². The zero-order valence-corrected chi connectivity index (χ0v) is 21.0. The van der Waals surface area contributed by atoms with E-state index in [4.69, 9.17) is 4.74 Å². The van der Waals surface area contributed by atoms with Crippen molar-refractivity contribution in [3.63, 3.8) is 0 Å². The van der Waals surface area contributed by atoms with Crippen molar-refractivity contribution in [1.82, 2.24) is 14.6 Å². The monoisotopic (exact) mass is 476 g/mol. The van der Waals surface area contributed by atoms with Crippen LogP contribution in [0.25, 0.3) is 22.4 Å². The summed E-state index contributed by atoms with van der Waals surface area (Å²) in [5.74, 6) is 1.39. The number of ether oxygens (including phenoxy) is 1. The number of nitrogens with zero attached hydrogens (tertiary/aromatic N) is 4. The van der Waals surface area contributed by atoms with Gasteiger partial charge in [-0.25, -0.2) is 0 Å². The molecule has 0 atom stereocenters. The van der Waals surface area contributed by atoms with Crippen molar-refractivity contribution in [2.24, 2.45) is 0 Å². The smallest absolute Gasteiger partial charge is 0.291 e. The Labute approximate surface area is 204 Å². The highest BCUT2D eigenvalue weighted by molar-refractivity contribution is 7.15. The van der Waals surface area contributed by atoms with Gasteiger partial charge in [-0.15, -0.1) is 5.10 Å². The standard InChI is InChI=1S/C27H32N4O2S/c1-4-7-8-9-18-33-23-16-12-21(13-17-23)25-28-27-31(29-25)26(32)24(34-27)19-20-10-14-22(15-11-20)30(5-2)6-3/h10-17,19H,4-9,18H2,1-3H3. The Balaban J connectivity index is 1.48. The van der Waals surface area contributed by atoms with Crippen molar-refractivity contribution < 1.29 is 4.74 Å². The van der Waals surface area contributed by atoms with E-state index in [9.17, 15) is 4.79 Å². The quantitative estimate of drug-likeness (QED) is 0.280. The third-order valence-electron chi connectivity index (χ3n) is 5.88. The van der Waals surface area contributed by atoms with Gasteiger partial charge in [0.05, 0.1) is 11.1 Å². The number of thiazole rings is 1. The van der Waals surface area contributed by atoms with E-state index in [2.05, 4.69) is 47.9 Å². The molecule has 4 aromatic rings. The van der Waals surface area contributed by atoms with Crippen molar-refractivity contribution in [2.45, 2.75) is 46.5 Å². The maximum Gasteiger partial charge on any atom is 0.291 e. The molecule has 0 saturated carbocycles. The summed E-state index contributed by atoms with van der Waals surface area (Å²) in [6.45, 7) is 9.16. The van der Waals surface area contributed by atoms with E-state index >= 15 is 0 Å². The van der Waals surface area contributed by atoms with Gasteiger partial charge in [-0.05, 0) is 68.3 Å². The van der Waals surface area contributed by atoms with E-state index < -0.39 is 0 Å². The van der Waals surface area contributed by atoms with E-state index in [1.54, 1.807) is 0 Å². The highest BCUT2D eigenvalue weighted by Gasteiger charge is 2.12. The molecular weight excluding hydrogens is 444 g/mol. The molecule has 0 aliphatic rings. The Morgan fingerprint density at radius 1 is 0.971 bits per heavy atom. The highest BCUT2D eigenvalue weighted by Crippen LogP contribution is 2.21. The highest BCUT2D eigenvalue weighted by atomic mass is 32.1. The first-order valence-electron chi connectivity index (χ1n) is 12.1. The normalized spacial score (nSPS) is 11.9. The Morgan fingerprint density at radius 3 is 2.35 bits per heavy atom. The number of unbranched alkanes of at least 4 members (excludes halogenated alkanes) is 3. The summed E-state index contributed by atoms with van der Waals surface area (Å²) in [5.41, 5.74) is 2.90. The van der Waals surface area contributed by atoms with Gasteiger partial charge in [-0.2, -0.15) is 9.50 Å². The fourth-order valence-corrected chi connectivity index (χ4v) is 4.80. The fourth-order valence-electron chi connectivity index (χ4n) is 3.90.